The Balaban J connectivity index is 1.74. The van der Waals surface area contributed by atoms with Crippen molar-refractivity contribution in [2.45, 2.75) is 6.36 Å². The van der Waals surface area contributed by atoms with E-state index in [1.165, 1.54) is 42.4 Å². The van der Waals surface area contributed by atoms with Crippen LogP contribution in [0, 0.1) is 3.57 Å². The lowest BCUT2D eigenvalue weighted by molar-refractivity contribution is -0.274. The molecule has 6 nitrogen and oxygen atoms in total. The van der Waals surface area contributed by atoms with Gasteiger partial charge in [0.05, 0.1) is 18.4 Å². The average molecular weight is 515 g/mol. The first-order valence-corrected chi connectivity index (χ1v) is 9.17. The second kappa shape index (κ2) is 8.64. The van der Waals surface area contributed by atoms with Crippen molar-refractivity contribution in [2.75, 3.05) is 7.11 Å². The summed E-state index contributed by atoms with van der Waals surface area (Å²) in [7, 11) is 1.32. The third-order valence-corrected chi connectivity index (χ3v) is 4.61. The van der Waals surface area contributed by atoms with E-state index in [0.29, 0.717) is 17.1 Å². The molecule has 10 heteroatoms. The highest BCUT2D eigenvalue weighted by Gasteiger charge is 2.30. The number of halogens is 4. The number of hydrogen-bond donors (Lipinski definition) is 0. The first-order valence-electron chi connectivity index (χ1n) is 8.09. The molecule has 0 unspecified atom stereocenters. The molecular formula is C19H13F3IN3O3. The molecule has 0 radical (unpaired) electrons. The van der Waals surface area contributed by atoms with Crippen LogP contribution in [0.15, 0.2) is 48.8 Å². The number of benzene rings is 2. The van der Waals surface area contributed by atoms with Gasteiger partial charge in [-0.25, -0.2) is 14.5 Å². The summed E-state index contributed by atoms with van der Waals surface area (Å²) in [5.41, 5.74) is 1.74. The minimum atomic E-state index is -4.74. The number of carbonyl (C=O) groups excluding carboxylic acids is 1. The molecule has 0 saturated heterocycles. The maximum atomic E-state index is 12.2. The van der Waals surface area contributed by atoms with Crippen molar-refractivity contribution in [1.29, 1.82) is 0 Å². The van der Waals surface area contributed by atoms with E-state index in [-0.39, 0.29) is 5.75 Å². The zero-order chi connectivity index (χ0) is 21.0. The predicted molar refractivity (Wildman–Crippen MR) is 107 cm³/mol. The fourth-order valence-electron chi connectivity index (χ4n) is 2.36. The predicted octanol–water partition coefficient (Wildman–Crippen LogP) is 4.73. The van der Waals surface area contributed by atoms with E-state index in [9.17, 15) is 18.0 Å². The fraction of sp³-hybridized carbons (Fsp3) is 0.105. The molecule has 1 aromatic heterocycles. The third kappa shape index (κ3) is 5.56. The van der Waals surface area contributed by atoms with Gasteiger partial charge in [0.2, 0.25) is 0 Å². The minimum Gasteiger partial charge on any atom is -0.465 e. The smallest absolute Gasteiger partial charge is 0.465 e. The van der Waals surface area contributed by atoms with Gasteiger partial charge >= 0.3 is 12.3 Å². The van der Waals surface area contributed by atoms with Crippen molar-refractivity contribution in [2.24, 2.45) is 0 Å². The zero-order valence-corrected chi connectivity index (χ0v) is 17.0. The van der Waals surface area contributed by atoms with Gasteiger partial charge < -0.3 is 9.47 Å². The van der Waals surface area contributed by atoms with Crippen molar-refractivity contribution in [3.8, 4) is 11.4 Å². The van der Waals surface area contributed by atoms with Crippen molar-refractivity contribution < 1.29 is 27.4 Å². The van der Waals surface area contributed by atoms with Crippen LogP contribution in [-0.4, -0.2) is 34.2 Å². The highest BCUT2D eigenvalue weighted by molar-refractivity contribution is 14.1. The second-order valence-electron chi connectivity index (χ2n) is 5.65. The van der Waals surface area contributed by atoms with E-state index >= 15 is 0 Å². The molecule has 0 aliphatic heterocycles. The molecule has 0 N–H and O–H groups in total. The number of aromatic nitrogens is 3. The fourth-order valence-corrected chi connectivity index (χ4v) is 2.92. The van der Waals surface area contributed by atoms with Gasteiger partial charge in [0, 0.05) is 3.57 Å². The summed E-state index contributed by atoms with van der Waals surface area (Å²) in [5, 5.41) is 4.25. The Morgan fingerprint density at radius 3 is 2.52 bits per heavy atom. The quantitative estimate of drug-likeness (QED) is 0.364. The van der Waals surface area contributed by atoms with Gasteiger partial charge in [0.25, 0.3) is 0 Å². The number of rotatable bonds is 5. The van der Waals surface area contributed by atoms with Gasteiger partial charge in [-0.15, -0.1) is 18.3 Å². The molecule has 0 aliphatic carbocycles. The molecule has 0 atom stereocenters. The number of nitrogens with zero attached hydrogens (tertiary/aromatic N) is 3. The van der Waals surface area contributed by atoms with E-state index in [1.807, 2.05) is 6.07 Å². The lowest BCUT2D eigenvalue weighted by Gasteiger charge is -2.09. The summed E-state index contributed by atoms with van der Waals surface area (Å²) in [6, 6.07) is 10.6. The van der Waals surface area contributed by atoms with Crippen LogP contribution in [0.25, 0.3) is 17.8 Å². The van der Waals surface area contributed by atoms with E-state index < -0.39 is 12.3 Å². The topological polar surface area (TPSA) is 66.2 Å². The Bertz CT molecular complexity index is 1050. The maximum Gasteiger partial charge on any atom is 0.573 e. The molecule has 0 bridgehead atoms. The Hall–Kier alpha value is -2.89. The summed E-state index contributed by atoms with van der Waals surface area (Å²) < 4.78 is 47.4. The maximum absolute atomic E-state index is 12.2. The second-order valence-corrected chi connectivity index (χ2v) is 6.82. The number of methoxy groups -OCH3 is 1. The van der Waals surface area contributed by atoms with E-state index in [1.54, 1.807) is 24.3 Å². The van der Waals surface area contributed by atoms with Crippen LogP contribution in [-0.2, 0) is 4.74 Å². The number of carbonyl (C=O) groups is 1. The number of hydrogen-bond acceptors (Lipinski definition) is 5. The molecular weight excluding hydrogens is 502 g/mol. The lowest BCUT2D eigenvalue weighted by Crippen LogP contribution is -2.17. The monoisotopic (exact) mass is 515 g/mol. The highest BCUT2D eigenvalue weighted by atomic mass is 127. The largest absolute Gasteiger partial charge is 0.573 e. The molecule has 0 spiro atoms. The third-order valence-electron chi connectivity index (χ3n) is 3.66. The minimum absolute atomic E-state index is 0.318. The summed E-state index contributed by atoms with van der Waals surface area (Å²) in [5.74, 6) is -0.356. The van der Waals surface area contributed by atoms with Crippen molar-refractivity contribution in [3.63, 3.8) is 0 Å². The van der Waals surface area contributed by atoms with Crippen LogP contribution in [0.2, 0.25) is 0 Å². The summed E-state index contributed by atoms with van der Waals surface area (Å²) in [6.07, 6.45) is 0.0897. The first-order chi connectivity index (χ1) is 13.7. The van der Waals surface area contributed by atoms with Gasteiger partial charge in [0.1, 0.15) is 12.1 Å². The number of esters is 1. The van der Waals surface area contributed by atoms with Crippen LogP contribution in [0.5, 0.6) is 5.75 Å². The van der Waals surface area contributed by atoms with Crippen molar-refractivity contribution in [1.82, 2.24) is 14.8 Å². The van der Waals surface area contributed by atoms with Crippen LogP contribution >= 0.6 is 22.6 Å². The molecule has 0 fully saturated rings. The van der Waals surface area contributed by atoms with Gasteiger partial charge in [0.15, 0.2) is 5.82 Å². The molecule has 2 aromatic carbocycles. The molecule has 1 heterocycles. The van der Waals surface area contributed by atoms with Crippen LogP contribution < -0.4 is 4.74 Å². The summed E-state index contributed by atoms with van der Waals surface area (Å²) in [4.78, 5) is 15.9. The van der Waals surface area contributed by atoms with Crippen LogP contribution in [0.4, 0.5) is 13.2 Å². The zero-order valence-electron chi connectivity index (χ0n) is 14.9. The lowest BCUT2D eigenvalue weighted by atomic mass is 10.1. The Morgan fingerprint density at radius 2 is 1.86 bits per heavy atom. The van der Waals surface area contributed by atoms with Gasteiger partial charge in [-0.1, -0.05) is 12.1 Å². The van der Waals surface area contributed by atoms with Crippen molar-refractivity contribution in [3.05, 3.63) is 69.3 Å². The van der Waals surface area contributed by atoms with Gasteiger partial charge in [-0.2, -0.15) is 0 Å². The van der Waals surface area contributed by atoms with E-state index in [4.69, 9.17) is 4.74 Å². The molecule has 150 valence electrons. The number of alkyl halides is 3. The van der Waals surface area contributed by atoms with Gasteiger partial charge in [-0.3, -0.25) is 0 Å². The Labute approximate surface area is 177 Å². The standard InChI is InChI=1S/C19H13F3IN3O3/c1-28-18(27)15-10-12(2-8-16(15)23)3-9-17-24-11-26(25-17)13-4-6-14(7-5-13)29-19(20,21)22/h2-11H,1H3/b9-3+. The summed E-state index contributed by atoms with van der Waals surface area (Å²) >= 11 is 2.05. The van der Waals surface area contributed by atoms with Crippen molar-refractivity contribution >= 4 is 40.7 Å². The Morgan fingerprint density at radius 1 is 1.14 bits per heavy atom. The SMILES string of the molecule is COC(=O)c1cc(/C=C/c2ncn(-c3ccc(OC(F)(F)F)cc3)n2)ccc1I. The molecule has 0 amide bonds. The van der Waals surface area contributed by atoms with Gasteiger partial charge in [-0.05, 0) is 70.6 Å². The van der Waals surface area contributed by atoms with E-state index in [0.717, 1.165) is 9.13 Å². The molecule has 0 aliphatic rings. The highest BCUT2D eigenvalue weighted by Crippen LogP contribution is 2.23. The molecule has 3 aromatic rings. The molecule has 3 rings (SSSR count). The molecule has 29 heavy (non-hydrogen) atoms. The van der Waals surface area contributed by atoms with Crippen LogP contribution in [0.3, 0.4) is 0 Å². The number of ether oxygens (including phenoxy) is 2. The Kier molecular flexibility index (Phi) is 6.20. The first kappa shape index (κ1) is 20.8. The molecule has 0 saturated carbocycles. The van der Waals surface area contributed by atoms with Crippen LogP contribution in [0.1, 0.15) is 21.7 Å². The average Bonchev–Trinajstić information content (AvgIpc) is 3.15. The normalized spacial score (nSPS) is 11.6. The summed E-state index contributed by atoms with van der Waals surface area (Å²) in [6.45, 7) is 0. The van der Waals surface area contributed by atoms with E-state index in [2.05, 4.69) is 37.4 Å².